The predicted molar refractivity (Wildman–Crippen MR) is 86.6 cm³/mol. The van der Waals surface area contributed by atoms with Crippen molar-refractivity contribution in [2.75, 3.05) is 30.0 Å². The van der Waals surface area contributed by atoms with Gasteiger partial charge in [0.15, 0.2) is 9.84 Å². The van der Waals surface area contributed by atoms with Crippen LogP contribution in [0.1, 0.15) is 37.9 Å². The minimum absolute atomic E-state index is 0.0268. The standard InChI is InChI=1S/C15H25N3O2S/c1-11(2)14-7-13(9-16-4)8-15(17-14)18-5-6-21(19,20)10-12(18)3/h7-8,11-12,16H,5-6,9-10H2,1-4H3. The first-order valence-electron chi connectivity index (χ1n) is 7.45. The second kappa shape index (κ2) is 6.32. The summed E-state index contributed by atoms with van der Waals surface area (Å²) in [6, 6.07) is 4.16. The van der Waals surface area contributed by atoms with Crippen LogP contribution in [0.2, 0.25) is 0 Å². The minimum Gasteiger partial charge on any atom is -0.352 e. The molecule has 0 amide bonds. The molecule has 1 saturated heterocycles. The molecule has 1 N–H and O–H groups in total. The van der Waals surface area contributed by atoms with Crippen LogP contribution in [-0.4, -0.2) is 44.5 Å². The van der Waals surface area contributed by atoms with Crippen LogP contribution in [0.5, 0.6) is 0 Å². The molecule has 0 spiro atoms. The van der Waals surface area contributed by atoms with E-state index >= 15 is 0 Å². The van der Waals surface area contributed by atoms with Crippen LogP contribution in [0.4, 0.5) is 5.82 Å². The van der Waals surface area contributed by atoms with Crippen molar-refractivity contribution in [3.05, 3.63) is 23.4 Å². The van der Waals surface area contributed by atoms with Crippen molar-refractivity contribution in [3.8, 4) is 0 Å². The highest BCUT2D eigenvalue weighted by molar-refractivity contribution is 7.91. The summed E-state index contributed by atoms with van der Waals surface area (Å²) in [5, 5.41) is 3.16. The molecule has 0 saturated carbocycles. The molecule has 0 aliphatic carbocycles. The Labute approximate surface area is 127 Å². The number of aromatic nitrogens is 1. The third-order valence-corrected chi connectivity index (χ3v) is 5.62. The molecular formula is C15H25N3O2S. The van der Waals surface area contributed by atoms with E-state index in [4.69, 9.17) is 4.98 Å². The van der Waals surface area contributed by atoms with E-state index in [0.717, 1.165) is 18.1 Å². The maximum Gasteiger partial charge on any atom is 0.154 e. The average Bonchev–Trinajstić information content (AvgIpc) is 2.37. The molecule has 1 aromatic rings. The molecule has 1 fully saturated rings. The van der Waals surface area contributed by atoms with Crippen molar-refractivity contribution < 1.29 is 8.42 Å². The van der Waals surface area contributed by atoms with Gasteiger partial charge in [0.05, 0.1) is 11.5 Å². The largest absolute Gasteiger partial charge is 0.352 e. The monoisotopic (exact) mass is 311 g/mol. The van der Waals surface area contributed by atoms with Gasteiger partial charge < -0.3 is 10.2 Å². The van der Waals surface area contributed by atoms with Gasteiger partial charge in [0.1, 0.15) is 5.82 Å². The number of anilines is 1. The van der Waals surface area contributed by atoms with E-state index in [9.17, 15) is 8.42 Å². The van der Waals surface area contributed by atoms with Gasteiger partial charge in [-0.05, 0) is 37.6 Å². The Morgan fingerprint density at radius 1 is 1.43 bits per heavy atom. The van der Waals surface area contributed by atoms with E-state index in [1.54, 1.807) is 0 Å². The zero-order chi connectivity index (χ0) is 15.6. The summed E-state index contributed by atoms with van der Waals surface area (Å²) in [5.41, 5.74) is 2.24. The lowest BCUT2D eigenvalue weighted by atomic mass is 10.1. The summed E-state index contributed by atoms with van der Waals surface area (Å²) < 4.78 is 23.5. The number of pyridine rings is 1. The third-order valence-electron chi connectivity index (χ3n) is 3.83. The first-order valence-corrected chi connectivity index (χ1v) is 9.27. The predicted octanol–water partition coefficient (Wildman–Crippen LogP) is 1.55. The van der Waals surface area contributed by atoms with Crippen molar-refractivity contribution in [2.45, 2.75) is 39.3 Å². The second-order valence-electron chi connectivity index (χ2n) is 6.10. The normalized spacial score (nSPS) is 21.8. The molecular weight excluding hydrogens is 286 g/mol. The summed E-state index contributed by atoms with van der Waals surface area (Å²) in [6.45, 7) is 7.52. The van der Waals surface area contributed by atoms with Crippen molar-refractivity contribution in [3.63, 3.8) is 0 Å². The zero-order valence-corrected chi connectivity index (χ0v) is 14.1. The lowest BCUT2D eigenvalue weighted by molar-refractivity contribution is 0.566. The highest BCUT2D eigenvalue weighted by Crippen LogP contribution is 2.24. The van der Waals surface area contributed by atoms with Gasteiger partial charge >= 0.3 is 0 Å². The van der Waals surface area contributed by atoms with Crippen LogP contribution in [0.25, 0.3) is 0 Å². The Morgan fingerprint density at radius 2 is 2.14 bits per heavy atom. The van der Waals surface area contributed by atoms with Gasteiger partial charge in [0.25, 0.3) is 0 Å². The number of hydrogen-bond donors (Lipinski definition) is 1. The van der Waals surface area contributed by atoms with Gasteiger partial charge in [-0.1, -0.05) is 13.8 Å². The molecule has 5 nitrogen and oxygen atoms in total. The van der Waals surface area contributed by atoms with Gasteiger partial charge in [-0.3, -0.25) is 0 Å². The smallest absolute Gasteiger partial charge is 0.154 e. The molecule has 0 aromatic carbocycles. The molecule has 0 bridgehead atoms. The maximum absolute atomic E-state index is 11.7. The molecule has 1 aliphatic heterocycles. The van der Waals surface area contributed by atoms with Crippen LogP contribution in [0, 0.1) is 0 Å². The maximum atomic E-state index is 11.7. The summed E-state index contributed by atoms with van der Waals surface area (Å²) in [4.78, 5) is 6.86. The van der Waals surface area contributed by atoms with E-state index in [1.807, 2.05) is 14.0 Å². The summed E-state index contributed by atoms with van der Waals surface area (Å²) in [5.74, 6) is 1.67. The van der Waals surface area contributed by atoms with E-state index < -0.39 is 9.84 Å². The van der Waals surface area contributed by atoms with Gasteiger partial charge in [0, 0.05) is 24.8 Å². The lowest BCUT2D eigenvalue weighted by Gasteiger charge is -2.34. The van der Waals surface area contributed by atoms with Gasteiger partial charge in [-0.2, -0.15) is 0 Å². The SMILES string of the molecule is CNCc1cc(C(C)C)nc(N2CCS(=O)(=O)CC2C)c1. The number of hydrogen-bond acceptors (Lipinski definition) is 5. The van der Waals surface area contributed by atoms with Crippen LogP contribution >= 0.6 is 0 Å². The Hall–Kier alpha value is -1.14. The zero-order valence-electron chi connectivity index (χ0n) is 13.3. The fourth-order valence-electron chi connectivity index (χ4n) is 2.68. The highest BCUT2D eigenvalue weighted by Gasteiger charge is 2.29. The Bertz CT molecular complexity index is 599. The molecule has 0 radical (unpaired) electrons. The van der Waals surface area contributed by atoms with Gasteiger partial charge in [-0.15, -0.1) is 0 Å². The van der Waals surface area contributed by atoms with E-state index in [-0.39, 0.29) is 17.5 Å². The first kappa shape index (κ1) is 16.2. The molecule has 118 valence electrons. The quantitative estimate of drug-likeness (QED) is 0.914. The van der Waals surface area contributed by atoms with Crippen LogP contribution < -0.4 is 10.2 Å². The van der Waals surface area contributed by atoms with Crippen molar-refractivity contribution >= 4 is 15.7 Å². The number of rotatable bonds is 4. The first-order chi connectivity index (χ1) is 9.82. The van der Waals surface area contributed by atoms with Crippen molar-refractivity contribution in [1.82, 2.24) is 10.3 Å². The van der Waals surface area contributed by atoms with E-state index in [0.29, 0.717) is 12.5 Å². The number of nitrogens with one attached hydrogen (secondary N) is 1. The average molecular weight is 311 g/mol. The topological polar surface area (TPSA) is 62.3 Å². The minimum atomic E-state index is -2.90. The molecule has 1 aliphatic rings. The highest BCUT2D eigenvalue weighted by atomic mass is 32.2. The molecule has 2 rings (SSSR count). The fraction of sp³-hybridized carbons (Fsp3) is 0.667. The van der Waals surface area contributed by atoms with Crippen molar-refractivity contribution in [2.24, 2.45) is 0 Å². The molecule has 21 heavy (non-hydrogen) atoms. The van der Waals surface area contributed by atoms with Crippen LogP contribution in [0.15, 0.2) is 12.1 Å². The number of nitrogens with zero attached hydrogens (tertiary/aromatic N) is 2. The molecule has 1 unspecified atom stereocenters. The third kappa shape index (κ3) is 3.95. The fourth-order valence-corrected chi connectivity index (χ4v) is 4.24. The summed E-state index contributed by atoms with van der Waals surface area (Å²) in [6.07, 6.45) is 0. The van der Waals surface area contributed by atoms with Crippen LogP contribution in [-0.2, 0) is 16.4 Å². The summed E-state index contributed by atoms with van der Waals surface area (Å²) in [7, 11) is -0.980. The molecule has 2 heterocycles. The van der Waals surface area contributed by atoms with Gasteiger partial charge in [0.2, 0.25) is 0 Å². The van der Waals surface area contributed by atoms with E-state index in [2.05, 4.69) is 36.2 Å². The molecule has 6 heteroatoms. The summed E-state index contributed by atoms with van der Waals surface area (Å²) >= 11 is 0. The van der Waals surface area contributed by atoms with Gasteiger partial charge in [-0.25, -0.2) is 13.4 Å². The Morgan fingerprint density at radius 3 is 2.71 bits per heavy atom. The molecule has 1 atom stereocenters. The lowest BCUT2D eigenvalue weighted by Crippen LogP contribution is -2.47. The molecule has 1 aromatic heterocycles. The van der Waals surface area contributed by atoms with Crippen molar-refractivity contribution in [1.29, 1.82) is 0 Å². The Kier molecular flexibility index (Phi) is 4.88. The second-order valence-corrected chi connectivity index (χ2v) is 8.33. The Balaban J connectivity index is 2.34. The number of sulfone groups is 1. The van der Waals surface area contributed by atoms with Crippen LogP contribution in [0.3, 0.4) is 0 Å². The van der Waals surface area contributed by atoms with E-state index in [1.165, 1.54) is 5.56 Å².